The molecule has 2 aromatic rings. The number of rotatable bonds is 8. The van der Waals surface area contributed by atoms with Crippen LogP contribution in [0.2, 0.25) is 0 Å². The predicted molar refractivity (Wildman–Crippen MR) is 132 cm³/mol. The summed E-state index contributed by atoms with van der Waals surface area (Å²) in [7, 11) is 0. The molecule has 2 aliphatic rings. The zero-order chi connectivity index (χ0) is 20.8. The number of fused-ring (bicyclic) bond motifs is 2. The van der Waals surface area contributed by atoms with Gasteiger partial charge < -0.3 is 24.8 Å². The minimum Gasteiger partial charge on any atom is -0.494 e. The maximum absolute atomic E-state index is 5.94. The van der Waals surface area contributed by atoms with E-state index in [0.29, 0.717) is 37.3 Å². The lowest BCUT2D eigenvalue weighted by molar-refractivity contribution is 0.0992. The zero-order valence-electron chi connectivity index (χ0n) is 18.0. The van der Waals surface area contributed by atoms with Gasteiger partial charge in [0.1, 0.15) is 11.5 Å². The van der Waals surface area contributed by atoms with Crippen LogP contribution in [0, 0.1) is 0 Å². The van der Waals surface area contributed by atoms with Gasteiger partial charge in [-0.15, -0.1) is 24.0 Å². The Morgan fingerprint density at radius 2 is 1.97 bits per heavy atom. The summed E-state index contributed by atoms with van der Waals surface area (Å²) >= 11 is 0. The molecule has 2 aliphatic heterocycles. The van der Waals surface area contributed by atoms with Crippen molar-refractivity contribution in [1.29, 1.82) is 0 Å². The largest absolute Gasteiger partial charge is 0.494 e. The van der Waals surface area contributed by atoms with E-state index in [1.54, 1.807) is 6.20 Å². The molecule has 8 heteroatoms. The van der Waals surface area contributed by atoms with Gasteiger partial charge in [0.15, 0.2) is 5.96 Å². The molecule has 1 aromatic heterocycles. The standard InChI is InChI=1S/C23H30N4O3.HI/c1-3-24-23(27-20-14-19-9-10-21(20)29-19)26-15-16-11-12-25-22(13-16)30-18-7-5-17(6-8-18)28-4-2;/h5-8,11-13,19-21H,3-4,9-10,14-15H2,1-2H3,(H2,24,26,27);1H. The van der Waals surface area contributed by atoms with Gasteiger partial charge in [-0.1, -0.05) is 0 Å². The number of benzene rings is 1. The number of ether oxygens (including phenoxy) is 3. The number of hydrogen-bond donors (Lipinski definition) is 2. The average molecular weight is 538 g/mol. The van der Waals surface area contributed by atoms with Crippen LogP contribution in [0.3, 0.4) is 0 Å². The van der Waals surface area contributed by atoms with Crippen LogP contribution in [0.15, 0.2) is 47.6 Å². The first-order chi connectivity index (χ1) is 14.7. The van der Waals surface area contributed by atoms with Crippen LogP contribution in [0.25, 0.3) is 0 Å². The van der Waals surface area contributed by atoms with Crippen molar-refractivity contribution >= 4 is 29.9 Å². The van der Waals surface area contributed by atoms with Crippen molar-refractivity contribution < 1.29 is 14.2 Å². The lowest BCUT2D eigenvalue weighted by Gasteiger charge is -2.22. The number of pyridine rings is 1. The molecule has 2 fully saturated rings. The molecular formula is C23H31IN4O3. The molecule has 0 saturated carbocycles. The van der Waals surface area contributed by atoms with Crippen molar-refractivity contribution in [2.24, 2.45) is 4.99 Å². The third kappa shape index (κ3) is 6.46. The first kappa shape index (κ1) is 23.6. The molecule has 0 radical (unpaired) electrons. The van der Waals surface area contributed by atoms with Crippen molar-refractivity contribution in [3.05, 3.63) is 48.2 Å². The first-order valence-corrected chi connectivity index (χ1v) is 10.8. The smallest absolute Gasteiger partial charge is 0.219 e. The highest BCUT2D eigenvalue weighted by molar-refractivity contribution is 14.0. The van der Waals surface area contributed by atoms with Gasteiger partial charge in [-0.2, -0.15) is 0 Å². The van der Waals surface area contributed by atoms with E-state index in [1.165, 1.54) is 6.42 Å². The molecule has 3 heterocycles. The normalized spacial score (nSPS) is 22.0. The SMILES string of the molecule is CCNC(=NCc1ccnc(Oc2ccc(OCC)cc2)c1)NC1CC2CCC1O2.I. The Kier molecular flexibility index (Phi) is 8.77. The lowest BCUT2D eigenvalue weighted by atomic mass is 9.96. The second-order valence-electron chi connectivity index (χ2n) is 7.56. The fraction of sp³-hybridized carbons (Fsp3) is 0.478. The minimum absolute atomic E-state index is 0. The summed E-state index contributed by atoms with van der Waals surface area (Å²) in [6, 6.07) is 11.8. The topological polar surface area (TPSA) is 77.0 Å². The highest BCUT2D eigenvalue weighted by atomic mass is 127. The van der Waals surface area contributed by atoms with Crippen molar-refractivity contribution in [1.82, 2.24) is 15.6 Å². The van der Waals surface area contributed by atoms with E-state index in [1.807, 2.05) is 43.3 Å². The maximum atomic E-state index is 5.94. The molecule has 31 heavy (non-hydrogen) atoms. The van der Waals surface area contributed by atoms with E-state index in [4.69, 9.17) is 19.2 Å². The molecule has 3 atom stereocenters. The number of halogens is 1. The molecule has 2 bridgehead atoms. The van der Waals surface area contributed by atoms with Crippen LogP contribution in [0.1, 0.15) is 38.7 Å². The summed E-state index contributed by atoms with van der Waals surface area (Å²) < 4.78 is 17.3. The van der Waals surface area contributed by atoms with E-state index in [-0.39, 0.29) is 24.0 Å². The quantitative estimate of drug-likeness (QED) is 0.297. The average Bonchev–Trinajstić information content (AvgIpc) is 3.37. The first-order valence-electron chi connectivity index (χ1n) is 10.8. The Morgan fingerprint density at radius 3 is 2.65 bits per heavy atom. The van der Waals surface area contributed by atoms with Crippen LogP contribution in [0.5, 0.6) is 17.4 Å². The fourth-order valence-corrected chi connectivity index (χ4v) is 3.95. The number of nitrogens with zero attached hydrogens (tertiary/aromatic N) is 2. The summed E-state index contributed by atoms with van der Waals surface area (Å²) in [6.07, 6.45) is 5.86. The molecular weight excluding hydrogens is 507 g/mol. The Bertz CT molecular complexity index is 862. The van der Waals surface area contributed by atoms with Crippen LogP contribution in [0.4, 0.5) is 0 Å². The third-order valence-corrected chi connectivity index (χ3v) is 5.35. The predicted octanol–water partition coefficient (Wildman–Crippen LogP) is 4.27. The van der Waals surface area contributed by atoms with Gasteiger partial charge >= 0.3 is 0 Å². The molecule has 0 spiro atoms. The molecule has 0 amide bonds. The molecule has 4 rings (SSSR count). The molecule has 0 aliphatic carbocycles. The third-order valence-electron chi connectivity index (χ3n) is 5.35. The number of aromatic nitrogens is 1. The van der Waals surface area contributed by atoms with Crippen LogP contribution in [-0.4, -0.2) is 42.3 Å². The van der Waals surface area contributed by atoms with Crippen molar-refractivity contribution in [2.45, 2.75) is 57.9 Å². The van der Waals surface area contributed by atoms with Crippen LogP contribution < -0.4 is 20.1 Å². The summed E-state index contributed by atoms with van der Waals surface area (Å²) in [6.45, 7) is 6.03. The number of aliphatic imine (C=N–C) groups is 1. The summed E-state index contributed by atoms with van der Waals surface area (Å²) in [4.78, 5) is 9.07. The van der Waals surface area contributed by atoms with E-state index >= 15 is 0 Å². The molecule has 1 aromatic carbocycles. The van der Waals surface area contributed by atoms with Gasteiger partial charge in [0.25, 0.3) is 0 Å². The monoisotopic (exact) mass is 538 g/mol. The Morgan fingerprint density at radius 1 is 1.16 bits per heavy atom. The van der Waals surface area contributed by atoms with E-state index in [0.717, 1.165) is 42.4 Å². The zero-order valence-corrected chi connectivity index (χ0v) is 20.4. The number of nitrogens with one attached hydrogen (secondary N) is 2. The second kappa shape index (κ2) is 11.5. The summed E-state index contributed by atoms with van der Waals surface area (Å²) in [5.41, 5.74) is 1.03. The Hall–Kier alpha value is -2.07. The van der Waals surface area contributed by atoms with Gasteiger partial charge in [0.05, 0.1) is 31.4 Å². The summed E-state index contributed by atoms with van der Waals surface area (Å²) in [5.74, 6) is 2.92. The van der Waals surface area contributed by atoms with Gasteiger partial charge in [-0.3, -0.25) is 0 Å². The Balaban J connectivity index is 0.00000272. The number of guanidine groups is 1. The van der Waals surface area contributed by atoms with Gasteiger partial charge in [0, 0.05) is 18.8 Å². The minimum atomic E-state index is 0. The maximum Gasteiger partial charge on any atom is 0.219 e. The highest BCUT2D eigenvalue weighted by Crippen LogP contribution is 2.34. The van der Waals surface area contributed by atoms with Crippen molar-refractivity contribution in [3.8, 4) is 17.4 Å². The van der Waals surface area contributed by atoms with Crippen molar-refractivity contribution in [3.63, 3.8) is 0 Å². The van der Waals surface area contributed by atoms with Gasteiger partial charge in [-0.05, 0) is 69.0 Å². The molecule has 168 valence electrons. The van der Waals surface area contributed by atoms with E-state index < -0.39 is 0 Å². The van der Waals surface area contributed by atoms with Crippen LogP contribution in [-0.2, 0) is 11.3 Å². The van der Waals surface area contributed by atoms with Crippen LogP contribution >= 0.6 is 24.0 Å². The van der Waals surface area contributed by atoms with E-state index in [2.05, 4.69) is 22.5 Å². The molecule has 3 unspecified atom stereocenters. The Labute approximate surface area is 201 Å². The number of hydrogen-bond acceptors (Lipinski definition) is 5. The van der Waals surface area contributed by atoms with Crippen molar-refractivity contribution in [2.75, 3.05) is 13.2 Å². The van der Waals surface area contributed by atoms with Gasteiger partial charge in [-0.25, -0.2) is 9.98 Å². The van der Waals surface area contributed by atoms with Gasteiger partial charge in [0.2, 0.25) is 5.88 Å². The molecule has 2 N–H and O–H groups in total. The fourth-order valence-electron chi connectivity index (χ4n) is 3.95. The lowest BCUT2D eigenvalue weighted by Crippen LogP contribution is -2.47. The summed E-state index contributed by atoms with van der Waals surface area (Å²) in [5, 5.41) is 6.88. The highest BCUT2D eigenvalue weighted by Gasteiger charge is 2.41. The molecule has 2 saturated heterocycles. The van der Waals surface area contributed by atoms with E-state index in [9.17, 15) is 0 Å². The second-order valence-corrected chi connectivity index (χ2v) is 7.56. The molecule has 7 nitrogen and oxygen atoms in total.